The van der Waals surface area contributed by atoms with Gasteiger partial charge in [0.1, 0.15) is 0 Å². The van der Waals surface area contributed by atoms with Crippen molar-refractivity contribution in [2.45, 2.75) is 13.1 Å². The highest BCUT2D eigenvalue weighted by Crippen LogP contribution is 2.51. The number of rotatable bonds is 4. The van der Waals surface area contributed by atoms with Crippen molar-refractivity contribution < 1.29 is 0 Å². The number of hydrogen-bond donors (Lipinski definition) is 0. The largest absolute Gasteiger partial charge is 0.0616 e. The lowest BCUT2D eigenvalue weighted by molar-refractivity contribution is 1.41. The van der Waals surface area contributed by atoms with E-state index in [-0.39, 0.29) is 0 Å². The van der Waals surface area contributed by atoms with Crippen molar-refractivity contribution in [3.8, 4) is 22.3 Å². The summed E-state index contributed by atoms with van der Waals surface area (Å²) in [6.07, 6.45) is 1.05. The Kier molecular flexibility index (Phi) is 7.16. The van der Waals surface area contributed by atoms with E-state index in [4.69, 9.17) is 0 Å². The van der Waals surface area contributed by atoms with Crippen LogP contribution < -0.4 is 21.2 Å². The molecule has 1 aliphatic rings. The Labute approximate surface area is 296 Å². The van der Waals surface area contributed by atoms with Crippen LogP contribution in [0.5, 0.6) is 0 Å². The van der Waals surface area contributed by atoms with Crippen molar-refractivity contribution in [2.75, 3.05) is 0 Å². The molecule has 0 nitrogen and oxygen atoms in total. The molecule has 236 valence electrons. The van der Waals surface area contributed by atoms with Crippen LogP contribution in [0.1, 0.15) is 11.1 Å². The van der Waals surface area contributed by atoms with E-state index in [1.165, 1.54) is 97.7 Å². The molecule has 2 atom stereocenters. The van der Waals surface area contributed by atoms with Crippen molar-refractivity contribution in [3.05, 3.63) is 181 Å². The summed E-state index contributed by atoms with van der Waals surface area (Å²) in [4.78, 5) is 0. The summed E-state index contributed by atoms with van der Waals surface area (Å²) >= 11 is 0. The molecular weight excluding hydrogens is 638 g/mol. The molecule has 1 aliphatic heterocycles. The van der Waals surface area contributed by atoms with Gasteiger partial charge in [0.25, 0.3) is 0 Å². The smallest absolute Gasteiger partial charge is 0.00143 e. The molecule has 0 spiro atoms. The van der Waals surface area contributed by atoms with Crippen LogP contribution in [0.4, 0.5) is 0 Å². The zero-order valence-electron chi connectivity index (χ0n) is 27.8. The minimum atomic E-state index is -0.641. The Morgan fingerprint density at radius 2 is 0.880 bits per heavy atom. The molecule has 0 saturated carbocycles. The highest BCUT2D eigenvalue weighted by Gasteiger charge is 2.30. The molecule has 1 heterocycles. The SMILES string of the molecule is Cc1ccc2ccccc2c1-c1c(Pc2ccccc2P2Cc3ccc4ccccc4c3-c3c2ccc2ccccc32)ccc2ccccc12. The highest BCUT2D eigenvalue weighted by molar-refractivity contribution is 7.74. The molecule has 0 aromatic heterocycles. The van der Waals surface area contributed by atoms with Crippen molar-refractivity contribution in [1.82, 2.24) is 0 Å². The van der Waals surface area contributed by atoms with Gasteiger partial charge in [0, 0.05) is 6.16 Å². The first kappa shape index (κ1) is 29.8. The second-order valence-corrected chi connectivity index (χ2v) is 16.9. The fourth-order valence-corrected chi connectivity index (χ4v) is 12.7. The molecule has 2 heteroatoms. The Bertz CT molecular complexity index is 2790. The van der Waals surface area contributed by atoms with Crippen LogP contribution in [0.3, 0.4) is 0 Å². The van der Waals surface area contributed by atoms with Gasteiger partial charge in [-0.15, -0.1) is 0 Å². The van der Waals surface area contributed by atoms with Crippen molar-refractivity contribution >= 4 is 80.8 Å². The molecule has 9 aromatic carbocycles. The molecule has 0 aliphatic carbocycles. The number of hydrogen-bond acceptors (Lipinski definition) is 0. The van der Waals surface area contributed by atoms with E-state index in [0.29, 0.717) is 8.58 Å². The summed E-state index contributed by atoms with van der Waals surface area (Å²) < 4.78 is 0. The fourth-order valence-electron chi connectivity index (χ4n) is 8.28. The zero-order valence-corrected chi connectivity index (χ0v) is 29.7. The minimum Gasteiger partial charge on any atom is -0.0616 e. The van der Waals surface area contributed by atoms with Crippen LogP contribution in [0, 0.1) is 6.92 Å². The summed E-state index contributed by atoms with van der Waals surface area (Å²) in [6, 6.07) is 63.9. The van der Waals surface area contributed by atoms with E-state index < -0.39 is 7.92 Å². The van der Waals surface area contributed by atoms with E-state index in [1.54, 1.807) is 0 Å². The molecule has 0 radical (unpaired) electrons. The summed E-state index contributed by atoms with van der Waals surface area (Å²) in [6.45, 7) is 2.28. The van der Waals surface area contributed by atoms with Crippen molar-refractivity contribution in [1.29, 1.82) is 0 Å². The van der Waals surface area contributed by atoms with Crippen LogP contribution in [0.2, 0.25) is 0 Å². The molecule has 9 aromatic rings. The third-order valence-electron chi connectivity index (χ3n) is 10.6. The second kappa shape index (κ2) is 12.0. The van der Waals surface area contributed by atoms with Gasteiger partial charge in [-0.05, 0) is 113 Å². The Morgan fingerprint density at radius 1 is 0.380 bits per heavy atom. The van der Waals surface area contributed by atoms with Gasteiger partial charge in [0.2, 0.25) is 0 Å². The van der Waals surface area contributed by atoms with Crippen LogP contribution in [-0.2, 0) is 6.16 Å². The number of fused-ring (bicyclic) bond motifs is 9. The predicted molar refractivity (Wildman–Crippen MR) is 222 cm³/mol. The van der Waals surface area contributed by atoms with E-state index in [2.05, 4.69) is 177 Å². The summed E-state index contributed by atoms with van der Waals surface area (Å²) in [5.74, 6) is 0. The number of benzene rings is 9. The Hall–Kier alpha value is -5.12. The van der Waals surface area contributed by atoms with Gasteiger partial charge < -0.3 is 0 Å². The van der Waals surface area contributed by atoms with Gasteiger partial charge >= 0.3 is 0 Å². The minimum absolute atomic E-state index is 0.527. The number of aryl methyl sites for hydroxylation is 1. The van der Waals surface area contributed by atoms with E-state index in [1.807, 2.05) is 0 Å². The van der Waals surface area contributed by atoms with Gasteiger partial charge in [0.05, 0.1) is 0 Å². The molecule has 0 fully saturated rings. The monoisotopic (exact) mass is 672 g/mol. The molecule has 2 unspecified atom stereocenters. The average Bonchev–Trinajstić information content (AvgIpc) is 3.17. The van der Waals surface area contributed by atoms with Crippen molar-refractivity contribution in [3.63, 3.8) is 0 Å². The first-order valence-corrected chi connectivity index (χ1v) is 19.9. The first-order chi connectivity index (χ1) is 24.7. The molecule has 10 rings (SSSR count). The summed E-state index contributed by atoms with van der Waals surface area (Å²) in [5.41, 5.74) is 8.39. The van der Waals surface area contributed by atoms with Crippen LogP contribution in [-0.4, -0.2) is 0 Å². The summed E-state index contributed by atoms with van der Waals surface area (Å²) in [5, 5.41) is 16.4. The lowest BCUT2D eigenvalue weighted by Gasteiger charge is -2.32. The van der Waals surface area contributed by atoms with E-state index >= 15 is 0 Å². The molecule has 0 N–H and O–H groups in total. The third-order valence-corrected chi connectivity index (χ3v) is 14.8. The van der Waals surface area contributed by atoms with Gasteiger partial charge in [-0.3, -0.25) is 0 Å². The standard InChI is InChI=1S/C48H34P2/c1-31-22-23-32-12-2-6-16-37(32)45(31)47-39-18-8-4-14-34(39)26-28-42(47)49-41-20-10-11-21-43(41)50-30-36-25-24-33-13-3-7-17-38(33)46(36)48-40-19-9-5-15-35(40)27-29-44(48)50/h2-29,49H,30H2,1H3. The maximum absolute atomic E-state index is 2.45. The summed E-state index contributed by atoms with van der Waals surface area (Å²) in [7, 11) is -0.114. The fraction of sp³-hybridized carbons (Fsp3) is 0.0417. The normalized spacial score (nSPS) is 14.1. The second-order valence-electron chi connectivity index (χ2n) is 13.4. The average molecular weight is 673 g/mol. The third kappa shape index (κ3) is 4.75. The zero-order chi connectivity index (χ0) is 33.2. The lowest BCUT2D eigenvalue weighted by Crippen LogP contribution is -2.28. The quantitative estimate of drug-likeness (QED) is 0.163. The van der Waals surface area contributed by atoms with E-state index in [9.17, 15) is 0 Å². The van der Waals surface area contributed by atoms with E-state index in [0.717, 1.165) is 6.16 Å². The first-order valence-electron chi connectivity index (χ1n) is 17.4. The Balaban J connectivity index is 1.19. The molecular formula is C48H34P2. The van der Waals surface area contributed by atoms with Crippen LogP contribution in [0.25, 0.3) is 65.3 Å². The predicted octanol–water partition coefficient (Wildman–Crippen LogP) is 11.5. The highest BCUT2D eigenvalue weighted by atomic mass is 31.1. The molecule has 50 heavy (non-hydrogen) atoms. The molecule has 0 saturated heterocycles. The Morgan fingerprint density at radius 3 is 1.56 bits per heavy atom. The van der Waals surface area contributed by atoms with Gasteiger partial charge in [0.15, 0.2) is 0 Å². The topological polar surface area (TPSA) is 0 Å². The van der Waals surface area contributed by atoms with Gasteiger partial charge in [-0.2, -0.15) is 0 Å². The lowest BCUT2D eigenvalue weighted by atomic mass is 9.90. The van der Waals surface area contributed by atoms with Crippen molar-refractivity contribution in [2.24, 2.45) is 0 Å². The molecule has 0 bridgehead atoms. The van der Waals surface area contributed by atoms with Crippen LogP contribution in [0.15, 0.2) is 170 Å². The maximum atomic E-state index is 2.45. The van der Waals surface area contributed by atoms with Gasteiger partial charge in [-0.25, -0.2) is 0 Å². The maximum Gasteiger partial charge on any atom is 0.00143 e. The van der Waals surface area contributed by atoms with Crippen LogP contribution >= 0.6 is 16.5 Å². The van der Waals surface area contributed by atoms with Gasteiger partial charge in [-0.1, -0.05) is 178 Å². The molecule has 0 amide bonds.